The fourth-order valence-electron chi connectivity index (χ4n) is 1.25. The molecule has 0 heterocycles. The molecular weight excluding hydrogens is 157 g/mol. The third-order valence-electron chi connectivity index (χ3n) is 2.07. The molecule has 0 aliphatic carbocycles. The summed E-state index contributed by atoms with van der Waals surface area (Å²) in [6.45, 7) is 3.05. The Morgan fingerprint density at radius 1 is 1.08 bits per heavy atom. The molecule has 1 unspecified atom stereocenters. The standard InChI is InChI=1S/C9H22N3.Li/c10-6-2-1-4-8-12-9-5-3-7-11;/h7,12H,1-6,8-11H2;. The molecule has 0 aliphatic rings. The van der Waals surface area contributed by atoms with Gasteiger partial charge in [0.05, 0.1) is 0 Å². The van der Waals surface area contributed by atoms with Crippen LogP contribution in [0.15, 0.2) is 0 Å². The molecule has 13 heavy (non-hydrogen) atoms. The first-order chi connectivity index (χ1) is 6.27. The van der Waals surface area contributed by atoms with Crippen molar-refractivity contribution in [3.05, 3.63) is 0 Å². The summed E-state index contributed by atoms with van der Waals surface area (Å²) in [5.41, 5.74) is 11.0. The summed E-state index contributed by atoms with van der Waals surface area (Å²) in [5.74, 6) is 0. The van der Waals surface area contributed by atoms with Crippen LogP contribution in [-0.2, 0) is 0 Å². The van der Waals surface area contributed by atoms with E-state index in [9.17, 15) is 0 Å². The number of nitrogens with one attached hydrogen (secondary N) is 1. The number of unbranched alkanes of at least 4 members (excludes halogenated alkanes) is 2. The maximum atomic E-state index is 5.63. The van der Waals surface area contributed by atoms with Crippen LogP contribution >= 0.6 is 0 Å². The van der Waals surface area contributed by atoms with Gasteiger partial charge in [-0.3, -0.25) is 0 Å². The van der Waals surface area contributed by atoms with Crippen LogP contribution in [0.5, 0.6) is 0 Å². The van der Waals surface area contributed by atoms with E-state index in [2.05, 4.69) is 23.0 Å². The average Bonchev–Trinajstić information content (AvgIpc) is 2.09. The zero-order valence-electron chi connectivity index (χ0n) is 8.89. The summed E-state index contributed by atoms with van der Waals surface area (Å²) in [4.78, 5) is 0. The monoisotopic (exact) mass is 179 g/mol. The molecule has 5 N–H and O–H groups in total. The van der Waals surface area contributed by atoms with Crippen molar-refractivity contribution in [1.82, 2.24) is 5.32 Å². The molecule has 0 spiro atoms. The molecule has 1 atom stereocenters. The number of rotatable bonds is 9. The Kier molecular flexibility index (Phi) is 10.9. The maximum absolute atomic E-state index is 5.63. The molecule has 0 saturated carbocycles. The molecule has 0 aromatic heterocycles. The summed E-state index contributed by atoms with van der Waals surface area (Å²) in [6, 6.07) is 0. The third kappa shape index (κ3) is 12.5. The Balaban J connectivity index is 2.84. The van der Waals surface area contributed by atoms with Crippen LogP contribution in [0.1, 0.15) is 32.1 Å². The molecule has 0 fully saturated rings. The number of hydrogen-bond donors (Lipinski definition) is 3. The Labute approximate surface area is 91.2 Å². The minimum absolute atomic E-state index is 0.346. The van der Waals surface area contributed by atoms with Crippen molar-refractivity contribution in [3.8, 4) is 0 Å². The summed E-state index contributed by atoms with van der Waals surface area (Å²) in [7, 11) is 0. The van der Waals surface area contributed by atoms with Crippen LogP contribution in [0.2, 0.25) is 0 Å². The molecule has 0 rings (SSSR count). The topological polar surface area (TPSA) is 64.1 Å². The molecular formula is C9H22LiN3. The minimum atomic E-state index is 0.346. The van der Waals surface area contributed by atoms with E-state index in [1.807, 2.05) is 0 Å². The van der Waals surface area contributed by atoms with E-state index in [4.69, 9.17) is 11.5 Å². The third-order valence-corrected chi connectivity index (χ3v) is 2.07. The van der Waals surface area contributed by atoms with E-state index >= 15 is 0 Å². The number of hydrogen-bond acceptors (Lipinski definition) is 3. The molecule has 3 nitrogen and oxygen atoms in total. The van der Waals surface area contributed by atoms with Crippen molar-refractivity contribution < 1.29 is 0 Å². The molecule has 0 aliphatic heterocycles. The first kappa shape index (κ1) is 13.5. The van der Waals surface area contributed by atoms with Gasteiger partial charge in [-0.15, -0.1) is 0 Å². The first-order valence-electron chi connectivity index (χ1n) is 5.43. The Morgan fingerprint density at radius 3 is 2.38 bits per heavy atom. The van der Waals surface area contributed by atoms with Gasteiger partial charge < -0.3 is 0 Å². The average molecular weight is 179 g/mol. The Morgan fingerprint density at radius 2 is 1.77 bits per heavy atom. The van der Waals surface area contributed by atoms with Gasteiger partial charge in [-0.2, -0.15) is 0 Å². The van der Waals surface area contributed by atoms with Gasteiger partial charge in [0.2, 0.25) is 0 Å². The van der Waals surface area contributed by atoms with E-state index in [1.54, 1.807) is 0 Å². The van der Waals surface area contributed by atoms with E-state index in [0.717, 1.165) is 32.5 Å². The van der Waals surface area contributed by atoms with Crippen molar-refractivity contribution in [2.24, 2.45) is 11.5 Å². The molecule has 0 aromatic carbocycles. The van der Waals surface area contributed by atoms with Crippen molar-refractivity contribution in [3.63, 3.8) is 0 Å². The summed E-state index contributed by atoms with van der Waals surface area (Å²) in [5, 5.41) is 3.40. The van der Waals surface area contributed by atoms with Gasteiger partial charge in [-0.05, 0) is 0 Å². The Hall–Kier alpha value is 0.477. The van der Waals surface area contributed by atoms with Gasteiger partial charge in [-0.25, -0.2) is 0 Å². The fraction of sp³-hybridized carbons (Fsp3) is 1.00. The van der Waals surface area contributed by atoms with E-state index < -0.39 is 0 Å². The second kappa shape index (κ2) is 10.6. The predicted molar refractivity (Wildman–Crippen MR) is 58.7 cm³/mol. The predicted octanol–water partition coefficient (Wildman–Crippen LogP) is -0.0615. The fourth-order valence-corrected chi connectivity index (χ4v) is 1.25. The zero-order valence-corrected chi connectivity index (χ0v) is 8.89. The zero-order chi connectivity index (χ0) is 9.94. The van der Waals surface area contributed by atoms with Crippen LogP contribution in [0.4, 0.5) is 0 Å². The van der Waals surface area contributed by atoms with E-state index in [-0.39, 0.29) is 0 Å². The summed E-state index contributed by atoms with van der Waals surface area (Å²) in [6.07, 6.45) is 5.96. The SMILES string of the molecule is [Li][CH](N)CCCNCCCCCN. The van der Waals surface area contributed by atoms with Crippen molar-refractivity contribution in [2.45, 2.75) is 36.8 Å². The van der Waals surface area contributed by atoms with Crippen LogP contribution in [0.3, 0.4) is 0 Å². The molecule has 0 amide bonds. The van der Waals surface area contributed by atoms with Crippen molar-refractivity contribution >= 4 is 17.7 Å². The number of nitrogens with two attached hydrogens (primary N) is 2. The van der Waals surface area contributed by atoms with Crippen molar-refractivity contribution in [2.75, 3.05) is 19.6 Å². The summed E-state index contributed by atoms with van der Waals surface area (Å²) < 4.78 is 0.346. The van der Waals surface area contributed by atoms with Gasteiger partial charge in [0.15, 0.2) is 0 Å². The van der Waals surface area contributed by atoms with Gasteiger partial charge in [0, 0.05) is 0 Å². The molecule has 0 saturated heterocycles. The molecule has 0 aromatic rings. The second-order valence-electron chi connectivity index (χ2n) is 3.72. The van der Waals surface area contributed by atoms with Crippen LogP contribution in [0, 0.1) is 0 Å². The second-order valence-corrected chi connectivity index (χ2v) is 3.72. The van der Waals surface area contributed by atoms with Gasteiger partial charge in [0.1, 0.15) is 0 Å². The van der Waals surface area contributed by atoms with Gasteiger partial charge in [-0.1, -0.05) is 0 Å². The van der Waals surface area contributed by atoms with Crippen LogP contribution in [0.25, 0.3) is 0 Å². The van der Waals surface area contributed by atoms with E-state index in [1.165, 1.54) is 19.3 Å². The first-order valence-corrected chi connectivity index (χ1v) is 5.43. The quantitative estimate of drug-likeness (QED) is 0.343. The molecule has 0 bridgehead atoms. The van der Waals surface area contributed by atoms with Gasteiger partial charge >= 0.3 is 91.0 Å². The Bertz CT molecular complexity index is 98.9. The van der Waals surface area contributed by atoms with Crippen LogP contribution in [-0.4, -0.2) is 42.1 Å². The molecule has 74 valence electrons. The van der Waals surface area contributed by atoms with Crippen molar-refractivity contribution in [1.29, 1.82) is 0 Å². The molecule has 4 heteroatoms. The molecule has 0 radical (unpaired) electrons. The summed E-state index contributed by atoms with van der Waals surface area (Å²) >= 11 is 2.06. The van der Waals surface area contributed by atoms with E-state index in [0.29, 0.717) is 4.71 Å². The van der Waals surface area contributed by atoms with Crippen LogP contribution < -0.4 is 16.8 Å². The van der Waals surface area contributed by atoms with Gasteiger partial charge in [0.25, 0.3) is 0 Å². The normalized spacial score (nSPS) is 13.2.